The SMILES string of the molecule is CCS(=O)(=O)c1cc(Br)cnc1F. The topological polar surface area (TPSA) is 47.0 Å². The predicted molar refractivity (Wildman–Crippen MR) is 49.6 cm³/mol. The summed E-state index contributed by atoms with van der Waals surface area (Å²) in [7, 11) is -3.52. The number of halogens is 2. The van der Waals surface area contributed by atoms with Gasteiger partial charge in [0.25, 0.3) is 0 Å². The molecule has 0 saturated carbocycles. The van der Waals surface area contributed by atoms with Gasteiger partial charge in [-0.2, -0.15) is 4.39 Å². The summed E-state index contributed by atoms with van der Waals surface area (Å²) in [4.78, 5) is 2.94. The van der Waals surface area contributed by atoms with Crippen LogP contribution in [0.15, 0.2) is 21.6 Å². The largest absolute Gasteiger partial charge is 0.231 e. The third-order valence-corrected chi connectivity index (χ3v) is 3.64. The summed E-state index contributed by atoms with van der Waals surface area (Å²) in [6.07, 6.45) is 1.21. The van der Waals surface area contributed by atoms with Gasteiger partial charge < -0.3 is 0 Å². The number of hydrogen-bond acceptors (Lipinski definition) is 3. The Hall–Kier alpha value is -0.490. The normalized spacial score (nSPS) is 11.6. The lowest BCUT2D eigenvalue weighted by molar-refractivity contribution is 0.538. The van der Waals surface area contributed by atoms with Crippen molar-refractivity contribution in [1.82, 2.24) is 4.98 Å². The molecule has 6 heteroatoms. The molecule has 0 aliphatic rings. The van der Waals surface area contributed by atoms with Crippen LogP contribution in [0, 0.1) is 5.95 Å². The van der Waals surface area contributed by atoms with Gasteiger partial charge >= 0.3 is 0 Å². The number of nitrogens with zero attached hydrogens (tertiary/aromatic N) is 1. The second-order valence-corrected chi connectivity index (χ2v) is 5.51. The average Bonchev–Trinajstić information content (AvgIpc) is 2.09. The Kier molecular flexibility index (Phi) is 3.02. The summed E-state index contributed by atoms with van der Waals surface area (Å²) in [5.74, 6) is -1.09. The summed E-state index contributed by atoms with van der Waals surface area (Å²) in [5, 5.41) is 0. The monoisotopic (exact) mass is 267 g/mol. The smallest absolute Gasteiger partial charge is 0.226 e. The zero-order valence-corrected chi connectivity index (χ0v) is 9.19. The molecule has 0 unspecified atom stereocenters. The van der Waals surface area contributed by atoms with E-state index < -0.39 is 15.8 Å². The quantitative estimate of drug-likeness (QED) is 0.768. The van der Waals surface area contributed by atoms with Crippen molar-refractivity contribution >= 4 is 25.8 Å². The van der Waals surface area contributed by atoms with Gasteiger partial charge in [0.1, 0.15) is 4.90 Å². The first-order chi connectivity index (χ1) is 5.97. The maximum Gasteiger partial charge on any atom is 0.231 e. The van der Waals surface area contributed by atoms with Gasteiger partial charge in [-0.3, -0.25) is 0 Å². The molecular formula is C7H7BrFNO2S. The van der Waals surface area contributed by atoms with E-state index in [-0.39, 0.29) is 10.6 Å². The van der Waals surface area contributed by atoms with Gasteiger partial charge in [0.15, 0.2) is 9.84 Å². The molecule has 72 valence electrons. The van der Waals surface area contributed by atoms with Crippen molar-refractivity contribution < 1.29 is 12.8 Å². The van der Waals surface area contributed by atoms with E-state index in [1.165, 1.54) is 19.2 Å². The van der Waals surface area contributed by atoms with Crippen LogP contribution in [0.2, 0.25) is 0 Å². The molecule has 1 aromatic rings. The molecular weight excluding hydrogens is 261 g/mol. The third kappa shape index (κ3) is 2.25. The second kappa shape index (κ2) is 3.71. The summed E-state index contributed by atoms with van der Waals surface area (Å²) in [6, 6.07) is 1.21. The van der Waals surface area contributed by atoms with Crippen LogP contribution in [0.1, 0.15) is 6.92 Å². The van der Waals surface area contributed by atoms with E-state index in [1.807, 2.05) is 0 Å². The highest BCUT2D eigenvalue weighted by atomic mass is 79.9. The lowest BCUT2D eigenvalue weighted by atomic mass is 10.5. The number of aromatic nitrogens is 1. The standard InChI is InChI=1S/C7H7BrFNO2S/c1-2-13(11,12)6-3-5(8)4-10-7(6)9/h3-4H,2H2,1H3. The Bertz CT molecular complexity index is 419. The van der Waals surface area contributed by atoms with Crippen LogP contribution in [0.5, 0.6) is 0 Å². The molecule has 0 radical (unpaired) electrons. The molecule has 1 heterocycles. The summed E-state index contributed by atoms with van der Waals surface area (Å²) in [5.41, 5.74) is 0. The molecule has 0 fully saturated rings. The van der Waals surface area contributed by atoms with Gasteiger partial charge in [-0.1, -0.05) is 6.92 Å². The zero-order chi connectivity index (χ0) is 10.1. The molecule has 0 aliphatic heterocycles. The van der Waals surface area contributed by atoms with Crippen molar-refractivity contribution in [1.29, 1.82) is 0 Å². The zero-order valence-electron chi connectivity index (χ0n) is 6.79. The van der Waals surface area contributed by atoms with Crippen molar-refractivity contribution in [2.24, 2.45) is 0 Å². The molecule has 0 spiro atoms. The second-order valence-electron chi connectivity index (χ2n) is 2.35. The van der Waals surface area contributed by atoms with Crippen LogP contribution in [0.4, 0.5) is 4.39 Å². The fraction of sp³-hybridized carbons (Fsp3) is 0.286. The van der Waals surface area contributed by atoms with E-state index in [1.54, 1.807) is 0 Å². The molecule has 3 nitrogen and oxygen atoms in total. The minimum atomic E-state index is -3.52. The predicted octanol–water partition coefficient (Wildman–Crippen LogP) is 1.78. The summed E-state index contributed by atoms with van der Waals surface area (Å²) >= 11 is 3.02. The van der Waals surface area contributed by atoms with E-state index in [4.69, 9.17) is 0 Å². The number of pyridine rings is 1. The van der Waals surface area contributed by atoms with Gasteiger partial charge in [0.05, 0.1) is 5.75 Å². The van der Waals surface area contributed by atoms with Crippen LogP contribution in [-0.2, 0) is 9.84 Å². The Morgan fingerprint density at radius 2 is 2.23 bits per heavy atom. The lowest BCUT2D eigenvalue weighted by Crippen LogP contribution is -2.07. The van der Waals surface area contributed by atoms with Crippen molar-refractivity contribution in [3.63, 3.8) is 0 Å². The molecule has 0 aromatic carbocycles. The summed E-state index contributed by atoms with van der Waals surface area (Å²) < 4.78 is 35.9. The molecule has 13 heavy (non-hydrogen) atoms. The van der Waals surface area contributed by atoms with Crippen LogP contribution in [-0.4, -0.2) is 19.2 Å². The Morgan fingerprint density at radius 1 is 1.62 bits per heavy atom. The van der Waals surface area contributed by atoms with Gasteiger partial charge in [0.2, 0.25) is 5.95 Å². The van der Waals surface area contributed by atoms with Crippen LogP contribution in [0.25, 0.3) is 0 Å². The highest BCUT2D eigenvalue weighted by Crippen LogP contribution is 2.18. The number of hydrogen-bond donors (Lipinski definition) is 0. The molecule has 0 amide bonds. The van der Waals surface area contributed by atoms with E-state index in [2.05, 4.69) is 20.9 Å². The van der Waals surface area contributed by atoms with E-state index in [0.717, 1.165) is 0 Å². The highest BCUT2D eigenvalue weighted by molar-refractivity contribution is 9.10. The van der Waals surface area contributed by atoms with Crippen LogP contribution >= 0.6 is 15.9 Å². The number of rotatable bonds is 2. The first kappa shape index (κ1) is 10.6. The minimum absolute atomic E-state index is 0.137. The van der Waals surface area contributed by atoms with Gasteiger partial charge in [-0.25, -0.2) is 13.4 Å². The van der Waals surface area contributed by atoms with Crippen LogP contribution in [0.3, 0.4) is 0 Å². The minimum Gasteiger partial charge on any atom is -0.226 e. The molecule has 0 N–H and O–H groups in total. The van der Waals surface area contributed by atoms with Crippen molar-refractivity contribution in [2.45, 2.75) is 11.8 Å². The Labute approximate surface area is 84.0 Å². The third-order valence-electron chi connectivity index (χ3n) is 1.49. The average molecular weight is 268 g/mol. The maximum absolute atomic E-state index is 12.9. The molecule has 0 atom stereocenters. The molecule has 0 saturated heterocycles. The fourth-order valence-corrected chi connectivity index (χ4v) is 2.19. The molecule has 1 rings (SSSR count). The van der Waals surface area contributed by atoms with E-state index >= 15 is 0 Å². The van der Waals surface area contributed by atoms with Gasteiger partial charge in [-0.05, 0) is 22.0 Å². The van der Waals surface area contributed by atoms with Gasteiger partial charge in [0, 0.05) is 10.7 Å². The van der Waals surface area contributed by atoms with Crippen molar-refractivity contribution in [3.8, 4) is 0 Å². The van der Waals surface area contributed by atoms with Crippen molar-refractivity contribution in [3.05, 3.63) is 22.7 Å². The number of sulfone groups is 1. The Morgan fingerprint density at radius 3 is 2.77 bits per heavy atom. The van der Waals surface area contributed by atoms with Gasteiger partial charge in [-0.15, -0.1) is 0 Å². The molecule has 0 aliphatic carbocycles. The van der Waals surface area contributed by atoms with Crippen LogP contribution < -0.4 is 0 Å². The highest BCUT2D eigenvalue weighted by Gasteiger charge is 2.18. The van der Waals surface area contributed by atoms with E-state index in [9.17, 15) is 12.8 Å². The van der Waals surface area contributed by atoms with Crippen molar-refractivity contribution in [2.75, 3.05) is 5.75 Å². The molecule has 1 aromatic heterocycles. The summed E-state index contributed by atoms with van der Waals surface area (Å²) in [6.45, 7) is 1.45. The lowest BCUT2D eigenvalue weighted by Gasteiger charge is -2.01. The maximum atomic E-state index is 12.9. The molecule has 0 bridgehead atoms. The Balaban J connectivity index is 3.38. The fourth-order valence-electron chi connectivity index (χ4n) is 0.778. The first-order valence-corrected chi connectivity index (χ1v) is 5.95. The van der Waals surface area contributed by atoms with E-state index in [0.29, 0.717) is 4.47 Å². The first-order valence-electron chi connectivity index (χ1n) is 3.51.